The van der Waals surface area contributed by atoms with E-state index in [1.54, 1.807) is 0 Å². The van der Waals surface area contributed by atoms with Gasteiger partial charge in [-0.15, -0.1) is 0 Å². The van der Waals surface area contributed by atoms with Crippen LogP contribution in [-0.4, -0.2) is 17.6 Å². The van der Waals surface area contributed by atoms with Gasteiger partial charge in [-0.25, -0.2) is 0 Å². The molecule has 122 valence electrons. The van der Waals surface area contributed by atoms with Gasteiger partial charge in [0.25, 0.3) is 0 Å². The quantitative estimate of drug-likeness (QED) is 0.645. The first-order valence-electron chi connectivity index (χ1n) is 8.53. The Morgan fingerprint density at radius 1 is 1.09 bits per heavy atom. The minimum Gasteiger partial charge on any atom is -0.356 e. The maximum absolute atomic E-state index is 10.1. The normalized spacial score (nSPS) is 21.5. The van der Waals surface area contributed by atoms with Crippen molar-refractivity contribution in [1.29, 1.82) is 0 Å². The van der Waals surface area contributed by atoms with E-state index in [2.05, 4.69) is 41.7 Å². The van der Waals surface area contributed by atoms with Gasteiger partial charge in [-0.1, -0.05) is 67.5 Å². The lowest BCUT2D eigenvalue weighted by molar-refractivity contribution is -0.144. The van der Waals surface area contributed by atoms with E-state index in [1.165, 1.54) is 29.2 Å². The molecular weight excluding hydrogens is 286 g/mol. The standard InChI is InChI=1S/C20H25NO2/c22-20(23-18-12-4-2-1-3-5-13-18)21-15-17-11-8-10-16-9-6-7-14-19(16)17/h4,6-12,14,18,20-22H,1-3,5,13,15H2/b12-4+. The number of benzene rings is 2. The Bertz CT molecular complexity index is 648. The molecule has 0 bridgehead atoms. The predicted molar refractivity (Wildman–Crippen MR) is 93.9 cm³/mol. The van der Waals surface area contributed by atoms with E-state index in [4.69, 9.17) is 4.74 Å². The maximum Gasteiger partial charge on any atom is 0.214 e. The number of nitrogens with one attached hydrogen (secondary N) is 1. The third-order valence-electron chi connectivity index (χ3n) is 4.36. The summed E-state index contributed by atoms with van der Waals surface area (Å²) < 4.78 is 5.72. The molecule has 3 nitrogen and oxygen atoms in total. The molecule has 23 heavy (non-hydrogen) atoms. The van der Waals surface area contributed by atoms with Crippen molar-refractivity contribution in [2.45, 2.75) is 51.2 Å². The van der Waals surface area contributed by atoms with Gasteiger partial charge < -0.3 is 9.84 Å². The summed E-state index contributed by atoms with van der Waals surface area (Å²) in [7, 11) is 0. The van der Waals surface area contributed by atoms with E-state index in [0.29, 0.717) is 6.54 Å². The van der Waals surface area contributed by atoms with Crippen LogP contribution < -0.4 is 5.32 Å². The van der Waals surface area contributed by atoms with Crippen LogP contribution in [0.5, 0.6) is 0 Å². The summed E-state index contributed by atoms with van der Waals surface area (Å²) in [5.41, 5.74) is 1.17. The number of hydrogen-bond donors (Lipinski definition) is 2. The zero-order chi connectivity index (χ0) is 15.9. The van der Waals surface area contributed by atoms with Gasteiger partial charge in [-0.05, 0) is 35.6 Å². The Labute approximate surface area is 138 Å². The number of rotatable bonds is 5. The molecule has 2 atom stereocenters. The fourth-order valence-corrected chi connectivity index (χ4v) is 3.10. The van der Waals surface area contributed by atoms with Crippen molar-refractivity contribution >= 4 is 10.8 Å². The lowest BCUT2D eigenvalue weighted by atomic mass is 10.0. The van der Waals surface area contributed by atoms with Crippen LogP contribution in [0.1, 0.15) is 37.7 Å². The van der Waals surface area contributed by atoms with Crippen LogP contribution in [0, 0.1) is 0 Å². The van der Waals surface area contributed by atoms with Crippen LogP contribution in [0.3, 0.4) is 0 Å². The van der Waals surface area contributed by atoms with Crippen LogP contribution in [0.15, 0.2) is 54.6 Å². The van der Waals surface area contributed by atoms with Gasteiger partial charge >= 0.3 is 0 Å². The number of hydrogen-bond acceptors (Lipinski definition) is 3. The van der Waals surface area contributed by atoms with Gasteiger partial charge in [0.1, 0.15) is 0 Å². The monoisotopic (exact) mass is 311 g/mol. The molecule has 0 radical (unpaired) electrons. The molecule has 0 fully saturated rings. The number of fused-ring (bicyclic) bond motifs is 1. The van der Waals surface area contributed by atoms with Gasteiger partial charge in [0.2, 0.25) is 6.41 Å². The number of aliphatic hydroxyl groups is 1. The number of aliphatic hydroxyl groups excluding tert-OH is 1. The minimum absolute atomic E-state index is 0.00492. The Hall–Kier alpha value is -1.68. The minimum atomic E-state index is -0.942. The van der Waals surface area contributed by atoms with Crippen LogP contribution in [-0.2, 0) is 11.3 Å². The highest BCUT2D eigenvalue weighted by atomic mass is 16.6. The summed E-state index contributed by atoms with van der Waals surface area (Å²) in [5, 5.41) is 15.6. The zero-order valence-electron chi connectivity index (χ0n) is 13.4. The van der Waals surface area contributed by atoms with E-state index < -0.39 is 6.41 Å². The molecule has 0 aliphatic heterocycles. The highest BCUT2D eigenvalue weighted by Crippen LogP contribution is 2.19. The summed E-state index contributed by atoms with van der Waals surface area (Å²) in [6, 6.07) is 14.5. The predicted octanol–water partition coefficient (Wildman–Crippen LogP) is 4.11. The molecule has 0 saturated carbocycles. The lowest BCUT2D eigenvalue weighted by Crippen LogP contribution is -2.34. The van der Waals surface area contributed by atoms with Gasteiger partial charge in [0.15, 0.2) is 0 Å². The maximum atomic E-state index is 10.1. The van der Waals surface area contributed by atoms with Crippen molar-refractivity contribution in [1.82, 2.24) is 5.32 Å². The third kappa shape index (κ3) is 4.64. The van der Waals surface area contributed by atoms with Crippen LogP contribution in [0.25, 0.3) is 10.8 Å². The number of allylic oxidation sites excluding steroid dienone is 1. The lowest BCUT2D eigenvalue weighted by Gasteiger charge is -2.21. The Balaban J connectivity index is 1.57. The van der Waals surface area contributed by atoms with Gasteiger partial charge in [0.05, 0.1) is 6.10 Å². The molecule has 0 amide bonds. The summed E-state index contributed by atoms with van der Waals surface area (Å²) in [5.74, 6) is 0. The van der Waals surface area contributed by atoms with Gasteiger partial charge in [-0.2, -0.15) is 0 Å². The van der Waals surface area contributed by atoms with Crippen molar-refractivity contribution in [2.75, 3.05) is 0 Å². The van der Waals surface area contributed by atoms with E-state index in [9.17, 15) is 5.11 Å². The number of ether oxygens (including phenoxy) is 1. The first kappa shape index (κ1) is 16.2. The fraction of sp³-hybridized carbons (Fsp3) is 0.400. The Kier molecular flexibility index (Phi) is 5.81. The Morgan fingerprint density at radius 3 is 2.91 bits per heavy atom. The second-order valence-corrected chi connectivity index (χ2v) is 6.11. The van der Waals surface area contributed by atoms with E-state index in [0.717, 1.165) is 19.3 Å². The summed E-state index contributed by atoms with van der Waals surface area (Å²) >= 11 is 0. The average molecular weight is 311 g/mol. The van der Waals surface area contributed by atoms with E-state index >= 15 is 0 Å². The van der Waals surface area contributed by atoms with Crippen LogP contribution in [0.4, 0.5) is 0 Å². The van der Waals surface area contributed by atoms with E-state index in [-0.39, 0.29) is 6.10 Å². The Morgan fingerprint density at radius 2 is 1.96 bits per heavy atom. The van der Waals surface area contributed by atoms with Gasteiger partial charge in [0, 0.05) is 6.54 Å². The molecule has 2 N–H and O–H groups in total. The second kappa shape index (κ2) is 8.25. The largest absolute Gasteiger partial charge is 0.356 e. The molecule has 0 saturated heterocycles. The fourth-order valence-electron chi connectivity index (χ4n) is 3.10. The van der Waals surface area contributed by atoms with Crippen LogP contribution >= 0.6 is 0 Å². The van der Waals surface area contributed by atoms with Crippen molar-refractivity contribution in [2.24, 2.45) is 0 Å². The van der Waals surface area contributed by atoms with Crippen molar-refractivity contribution < 1.29 is 9.84 Å². The SMILES string of the molecule is OC(NCc1cccc2ccccc12)OC1/C=C/CCCCC1. The molecule has 1 aliphatic rings. The molecule has 2 unspecified atom stereocenters. The van der Waals surface area contributed by atoms with Crippen molar-refractivity contribution in [3.63, 3.8) is 0 Å². The molecule has 2 aromatic rings. The highest BCUT2D eigenvalue weighted by molar-refractivity contribution is 5.85. The highest BCUT2D eigenvalue weighted by Gasteiger charge is 2.13. The third-order valence-corrected chi connectivity index (χ3v) is 4.36. The average Bonchev–Trinajstić information content (AvgIpc) is 2.55. The summed E-state index contributed by atoms with van der Waals surface area (Å²) in [6.45, 7) is 0.582. The van der Waals surface area contributed by atoms with Gasteiger partial charge in [-0.3, -0.25) is 5.32 Å². The first-order valence-corrected chi connectivity index (χ1v) is 8.53. The topological polar surface area (TPSA) is 41.5 Å². The van der Waals surface area contributed by atoms with Crippen LogP contribution in [0.2, 0.25) is 0 Å². The molecular formula is C20H25NO2. The second-order valence-electron chi connectivity index (χ2n) is 6.11. The van der Waals surface area contributed by atoms with Crippen molar-refractivity contribution in [3.8, 4) is 0 Å². The molecule has 0 aromatic heterocycles. The molecule has 0 heterocycles. The molecule has 3 rings (SSSR count). The molecule has 3 heteroatoms. The van der Waals surface area contributed by atoms with E-state index in [1.807, 2.05) is 18.2 Å². The smallest absolute Gasteiger partial charge is 0.214 e. The van der Waals surface area contributed by atoms with Crippen molar-refractivity contribution in [3.05, 3.63) is 60.2 Å². The summed E-state index contributed by atoms with van der Waals surface area (Å²) in [4.78, 5) is 0. The molecule has 1 aliphatic carbocycles. The zero-order valence-corrected chi connectivity index (χ0v) is 13.4. The first-order chi connectivity index (χ1) is 11.3. The molecule has 2 aromatic carbocycles. The summed E-state index contributed by atoms with van der Waals surface area (Å²) in [6.07, 6.45) is 9.06. The molecule has 0 spiro atoms.